The van der Waals surface area contributed by atoms with Gasteiger partial charge in [-0.05, 0) is 69.3 Å². The lowest BCUT2D eigenvalue weighted by molar-refractivity contribution is -0.156. The molecule has 0 N–H and O–H groups in total. The Labute approximate surface area is 176 Å². The molecule has 0 spiro atoms. The summed E-state index contributed by atoms with van der Waals surface area (Å²) >= 11 is 0. The fourth-order valence-electron chi connectivity index (χ4n) is 2.64. The van der Waals surface area contributed by atoms with Crippen LogP contribution in [0.5, 0.6) is 17.2 Å². The largest absolute Gasteiger partial charge is 0.483 e. The minimum Gasteiger partial charge on any atom is -0.483 e. The van der Waals surface area contributed by atoms with Crippen LogP contribution in [-0.4, -0.2) is 30.2 Å². The Morgan fingerprint density at radius 1 is 0.903 bits per heavy atom. The molecule has 0 radical (unpaired) electrons. The molecule has 0 fully saturated rings. The summed E-state index contributed by atoms with van der Waals surface area (Å²) in [7, 11) is 0. The van der Waals surface area contributed by atoms with Crippen molar-refractivity contribution >= 4 is 17.5 Å². The highest BCUT2D eigenvalue weighted by molar-refractivity contribution is 6.17. The number of ketones is 2. The lowest BCUT2D eigenvalue weighted by Gasteiger charge is -2.18. The topological polar surface area (TPSA) is 78.9 Å². The van der Waals surface area contributed by atoms with Gasteiger partial charge < -0.3 is 14.2 Å². The number of carbonyl (C=O) groups is 3. The van der Waals surface area contributed by atoms with Crippen molar-refractivity contribution in [3.63, 3.8) is 0 Å². The van der Waals surface area contributed by atoms with Crippen molar-refractivity contribution in [1.29, 1.82) is 0 Å². The Kier molecular flexibility index (Phi) is 7.79. The van der Waals surface area contributed by atoms with Gasteiger partial charge in [-0.15, -0.1) is 0 Å². The number of halogens is 3. The van der Waals surface area contributed by atoms with Crippen LogP contribution in [-0.2, 0) is 25.3 Å². The third-order valence-electron chi connectivity index (χ3n) is 4.17. The molecule has 2 aromatic rings. The van der Waals surface area contributed by atoms with Crippen molar-refractivity contribution in [3.8, 4) is 17.2 Å². The van der Waals surface area contributed by atoms with Gasteiger partial charge in [0.1, 0.15) is 17.2 Å². The number of benzene rings is 2. The van der Waals surface area contributed by atoms with Crippen molar-refractivity contribution in [2.24, 2.45) is 5.92 Å². The maximum atomic E-state index is 12.6. The monoisotopic (exact) mass is 438 g/mol. The van der Waals surface area contributed by atoms with Gasteiger partial charge in [-0.3, -0.25) is 14.4 Å². The first-order valence-corrected chi connectivity index (χ1v) is 9.35. The molecule has 0 amide bonds. The molecule has 0 aromatic heterocycles. The maximum Gasteiger partial charge on any atom is 0.416 e. The van der Waals surface area contributed by atoms with Crippen LogP contribution in [0, 0.1) is 5.92 Å². The van der Waals surface area contributed by atoms with Crippen molar-refractivity contribution in [1.82, 2.24) is 0 Å². The molecule has 0 saturated carbocycles. The van der Waals surface area contributed by atoms with E-state index in [1.807, 2.05) is 0 Å². The normalized spacial score (nSPS) is 13.1. The van der Waals surface area contributed by atoms with E-state index < -0.39 is 41.3 Å². The molecular weight excluding hydrogens is 417 g/mol. The number of alkyl halides is 3. The summed E-state index contributed by atoms with van der Waals surface area (Å²) in [6.07, 6.45) is -5.53. The van der Waals surface area contributed by atoms with Crippen LogP contribution in [0.25, 0.3) is 0 Å². The summed E-state index contributed by atoms with van der Waals surface area (Å²) < 4.78 is 53.6. The predicted octanol–water partition coefficient (Wildman–Crippen LogP) is 4.60. The fourth-order valence-corrected chi connectivity index (χ4v) is 2.64. The first-order chi connectivity index (χ1) is 14.5. The molecule has 2 aromatic carbocycles. The highest BCUT2D eigenvalue weighted by atomic mass is 19.4. The summed E-state index contributed by atoms with van der Waals surface area (Å²) in [5.74, 6) is -3.03. The van der Waals surface area contributed by atoms with E-state index in [0.717, 1.165) is 19.1 Å². The molecule has 0 bridgehead atoms. The van der Waals surface area contributed by atoms with Gasteiger partial charge >= 0.3 is 12.1 Å². The molecule has 166 valence electrons. The molecule has 0 aliphatic heterocycles. The van der Waals surface area contributed by atoms with Crippen LogP contribution >= 0.6 is 0 Å². The zero-order chi connectivity index (χ0) is 23.2. The second-order valence-corrected chi connectivity index (χ2v) is 6.55. The van der Waals surface area contributed by atoms with Crippen LogP contribution in [0.3, 0.4) is 0 Å². The van der Waals surface area contributed by atoms with Gasteiger partial charge in [-0.2, -0.15) is 13.2 Å². The molecule has 31 heavy (non-hydrogen) atoms. The third kappa shape index (κ3) is 6.56. The first kappa shape index (κ1) is 23.9. The van der Waals surface area contributed by atoms with E-state index in [1.165, 1.54) is 43.3 Å². The highest BCUT2D eigenvalue weighted by Crippen LogP contribution is 2.31. The van der Waals surface area contributed by atoms with E-state index in [4.69, 9.17) is 14.2 Å². The molecule has 9 heteroatoms. The van der Waals surface area contributed by atoms with Gasteiger partial charge in [-0.1, -0.05) is 0 Å². The molecule has 6 nitrogen and oxygen atoms in total. The van der Waals surface area contributed by atoms with Gasteiger partial charge in [0.05, 0.1) is 12.2 Å². The van der Waals surface area contributed by atoms with Crippen LogP contribution in [0.4, 0.5) is 13.2 Å². The fraction of sp³-hybridized carbons (Fsp3) is 0.318. The summed E-state index contributed by atoms with van der Waals surface area (Å²) in [6.45, 7) is 4.13. The van der Waals surface area contributed by atoms with Crippen molar-refractivity contribution in [3.05, 3.63) is 54.1 Å². The Morgan fingerprint density at radius 2 is 1.39 bits per heavy atom. The lowest BCUT2D eigenvalue weighted by Crippen LogP contribution is -2.39. The quantitative estimate of drug-likeness (QED) is 0.421. The molecule has 0 aliphatic rings. The average molecular weight is 438 g/mol. The average Bonchev–Trinajstić information content (AvgIpc) is 2.69. The van der Waals surface area contributed by atoms with Crippen molar-refractivity contribution in [2.75, 3.05) is 6.61 Å². The predicted molar refractivity (Wildman–Crippen MR) is 104 cm³/mol. The Hall–Kier alpha value is -3.36. The van der Waals surface area contributed by atoms with Crippen LogP contribution < -0.4 is 9.47 Å². The summed E-state index contributed by atoms with van der Waals surface area (Å²) in [5.41, 5.74) is -0.783. The number of rotatable bonds is 9. The van der Waals surface area contributed by atoms with Gasteiger partial charge in [0.25, 0.3) is 0 Å². The minimum atomic E-state index is -4.43. The standard InChI is InChI=1S/C22H21F3O6/c1-4-29-21(28)19(13(2)26)20(27)14(3)30-16-9-11-18(12-10-16)31-17-7-5-15(6-8-17)22(23,24)25/h5-12,14,19H,4H2,1-3H3/t14-,19?/m1/s1. The Balaban J connectivity index is 2.02. The van der Waals surface area contributed by atoms with Gasteiger partial charge in [0.15, 0.2) is 23.6 Å². The second kappa shape index (κ2) is 10.1. The molecule has 0 saturated heterocycles. The number of Topliss-reactive ketones (excluding diaryl/α,β-unsaturated/α-hetero) is 2. The van der Waals surface area contributed by atoms with E-state index in [0.29, 0.717) is 5.75 Å². The number of ether oxygens (including phenoxy) is 3. The van der Waals surface area contributed by atoms with E-state index >= 15 is 0 Å². The SMILES string of the molecule is CCOC(=O)C(C(C)=O)C(=O)[C@@H](C)Oc1ccc(Oc2ccc(C(F)(F)F)cc2)cc1. The first-order valence-electron chi connectivity index (χ1n) is 9.35. The summed E-state index contributed by atoms with van der Waals surface area (Å²) in [6, 6.07) is 10.2. The molecular formula is C22H21F3O6. The molecule has 0 heterocycles. The zero-order valence-corrected chi connectivity index (χ0v) is 17.1. The molecule has 2 atom stereocenters. The molecule has 1 unspecified atom stereocenters. The van der Waals surface area contributed by atoms with Crippen LogP contribution in [0.2, 0.25) is 0 Å². The lowest BCUT2D eigenvalue weighted by atomic mass is 9.96. The van der Waals surface area contributed by atoms with Gasteiger partial charge in [0, 0.05) is 0 Å². The number of hydrogen-bond acceptors (Lipinski definition) is 6. The number of esters is 1. The van der Waals surface area contributed by atoms with E-state index in [-0.39, 0.29) is 18.1 Å². The maximum absolute atomic E-state index is 12.6. The van der Waals surface area contributed by atoms with E-state index in [1.54, 1.807) is 6.92 Å². The van der Waals surface area contributed by atoms with E-state index in [2.05, 4.69) is 0 Å². The van der Waals surface area contributed by atoms with Crippen LogP contribution in [0.15, 0.2) is 48.5 Å². The number of hydrogen-bond donors (Lipinski definition) is 0. The number of carbonyl (C=O) groups excluding carboxylic acids is 3. The van der Waals surface area contributed by atoms with E-state index in [9.17, 15) is 27.6 Å². The Morgan fingerprint density at radius 3 is 1.84 bits per heavy atom. The molecule has 2 rings (SSSR count). The van der Waals surface area contributed by atoms with Gasteiger partial charge in [-0.25, -0.2) is 0 Å². The summed E-state index contributed by atoms with van der Waals surface area (Å²) in [5, 5.41) is 0. The van der Waals surface area contributed by atoms with Gasteiger partial charge in [0.2, 0.25) is 0 Å². The third-order valence-corrected chi connectivity index (χ3v) is 4.17. The highest BCUT2D eigenvalue weighted by Gasteiger charge is 2.36. The smallest absolute Gasteiger partial charge is 0.416 e. The minimum absolute atomic E-state index is 0.0333. The van der Waals surface area contributed by atoms with Crippen molar-refractivity contribution < 1.29 is 41.8 Å². The Bertz CT molecular complexity index is 920. The zero-order valence-electron chi connectivity index (χ0n) is 17.1. The van der Waals surface area contributed by atoms with Crippen molar-refractivity contribution in [2.45, 2.75) is 33.1 Å². The summed E-state index contributed by atoms with van der Waals surface area (Å²) in [4.78, 5) is 36.0. The van der Waals surface area contributed by atoms with Crippen LogP contribution in [0.1, 0.15) is 26.3 Å². The molecule has 0 aliphatic carbocycles. The second-order valence-electron chi connectivity index (χ2n) is 6.55.